The summed E-state index contributed by atoms with van der Waals surface area (Å²) in [6, 6.07) is 0. The van der Waals surface area contributed by atoms with Gasteiger partial charge >= 0.3 is 5.97 Å². The van der Waals surface area contributed by atoms with Gasteiger partial charge < -0.3 is 10.0 Å². The topological polar surface area (TPSA) is 74.5 Å². The van der Waals surface area contributed by atoms with Crippen LogP contribution in [0.5, 0.6) is 0 Å². The van der Waals surface area contributed by atoms with Crippen LogP contribution in [0.3, 0.4) is 0 Å². The first-order valence-corrected chi connectivity index (χ1v) is 7.81. The Balaban J connectivity index is 1.95. The second-order valence-corrected chi connectivity index (χ2v) is 5.80. The Morgan fingerprint density at radius 3 is 2.60 bits per heavy atom. The van der Waals surface area contributed by atoms with Crippen LogP contribution in [0.15, 0.2) is 5.16 Å². The lowest BCUT2D eigenvalue weighted by Gasteiger charge is -2.34. The number of hydrogen-bond acceptors (Lipinski definition) is 6. The van der Waals surface area contributed by atoms with E-state index in [0.717, 1.165) is 38.7 Å². The number of carbonyl (C=O) groups is 1. The maximum Gasteiger partial charge on any atom is 0.313 e. The highest BCUT2D eigenvalue weighted by atomic mass is 32.2. The van der Waals surface area contributed by atoms with Crippen LogP contribution in [0.4, 0.5) is 5.95 Å². The lowest BCUT2D eigenvalue weighted by molar-refractivity contribution is -0.133. The van der Waals surface area contributed by atoms with Gasteiger partial charge in [0.05, 0.1) is 5.75 Å². The zero-order valence-corrected chi connectivity index (χ0v) is 12.8. The molecule has 1 aliphatic heterocycles. The van der Waals surface area contributed by atoms with E-state index in [9.17, 15) is 4.79 Å². The van der Waals surface area contributed by atoms with Crippen molar-refractivity contribution in [2.75, 3.05) is 43.4 Å². The summed E-state index contributed by atoms with van der Waals surface area (Å²) in [6.07, 6.45) is 1.18. The number of carboxylic acids is 1. The summed E-state index contributed by atoms with van der Waals surface area (Å²) < 4.78 is 1.88. The van der Waals surface area contributed by atoms with Crippen LogP contribution in [0, 0.1) is 0 Å². The van der Waals surface area contributed by atoms with Crippen molar-refractivity contribution >= 4 is 23.7 Å². The molecule has 1 saturated heterocycles. The van der Waals surface area contributed by atoms with Crippen molar-refractivity contribution in [3.8, 4) is 0 Å². The Hall–Kier alpha value is -1.28. The van der Waals surface area contributed by atoms with Crippen molar-refractivity contribution < 1.29 is 9.90 Å². The highest BCUT2D eigenvalue weighted by molar-refractivity contribution is 7.99. The van der Waals surface area contributed by atoms with Crippen LogP contribution in [0.25, 0.3) is 0 Å². The SMILES string of the molecule is CCCN1CCN(c2nnc(SCC(=O)O)n2C)CC1. The third kappa shape index (κ3) is 3.63. The predicted molar refractivity (Wildman–Crippen MR) is 78.3 cm³/mol. The fraction of sp³-hybridized carbons (Fsp3) is 0.750. The molecular weight excluding hydrogens is 278 g/mol. The molecule has 1 aliphatic rings. The van der Waals surface area contributed by atoms with Crippen LogP contribution >= 0.6 is 11.8 Å². The molecule has 0 aliphatic carbocycles. The van der Waals surface area contributed by atoms with Gasteiger partial charge in [-0.25, -0.2) is 0 Å². The summed E-state index contributed by atoms with van der Waals surface area (Å²) in [5.74, 6) is -0.00208. The normalized spacial score (nSPS) is 16.6. The van der Waals surface area contributed by atoms with Crippen LogP contribution in [-0.2, 0) is 11.8 Å². The average molecular weight is 299 g/mol. The highest BCUT2D eigenvalue weighted by Gasteiger charge is 2.21. The Labute approximate surface area is 123 Å². The molecule has 1 N–H and O–H groups in total. The van der Waals surface area contributed by atoms with Gasteiger partial charge in [0.2, 0.25) is 5.95 Å². The molecule has 0 radical (unpaired) electrons. The van der Waals surface area contributed by atoms with Crippen LogP contribution in [0.2, 0.25) is 0 Å². The fourth-order valence-electron chi connectivity index (χ4n) is 2.32. The zero-order valence-electron chi connectivity index (χ0n) is 11.9. The average Bonchev–Trinajstić information content (AvgIpc) is 2.79. The third-order valence-corrected chi connectivity index (χ3v) is 4.34. The molecule has 0 aromatic carbocycles. The molecular formula is C12H21N5O2S. The maximum absolute atomic E-state index is 10.6. The van der Waals surface area contributed by atoms with E-state index < -0.39 is 5.97 Å². The Morgan fingerprint density at radius 1 is 1.30 bits per heavy atom. The van der Waals surface area contributed by atoms with Gasteiger partial charge in [-0.1, -0.05) is 18.7 Å². The van der Waals surface area contributed by atoms with E-state index in [4.69, 9.17) is 5.11 Å². The van der Waals surface area contributed by atoms with E-state index in [2.05, 4.69) is 26.9 Å². The molecule has 2 heterocycles. The zero-order chi connectivity index (χ0) is 14.5. The molecule has 1 aromatic heterocycles. The molecule has 20 heavy (non-hydrogen) atoms. The molecule has 1 fully saturated rings. The number of carboxylic acid groups (broad SMARTS) is 1. The van der Waals surface area contributed by atoms with E-state index in [1.54, 1.807) is 0 Å². The predicted octanol–water partition coefficient (Wildman–Crippen LogP) is 0.524. The van der Waals surface area contributed by atoms with Gasteiger partial charge in [0, 0.05) is 33.2 Å². The first-order chi connectivity index (χ1) is 9.61. The van der Waals surface area contributed by atoms with Crippen molar-refractivity contribution in [2.45, 2.75) is 18.5 Å². The molecule has 112 valence electrons. The minimum absolute atomic E-state index is 0.0102. The summed E-state index contributed by atoms with van der Waals surface area (Å²) in [4.78, 5) is 15.3. The lowest BCUT2D eigenvalue weighted by Crippen LogP contribution is -2.47. The van der Waals surface area contributed by atoms with Gasteiger partial charge in [0.15, 0.2) is 5.16 Å². The fourth-order valence-corrected chi connectivity index (χ4v) is 2.95. The molecule has 0 spiro atoms. The van der Waals surface area contributed by atoms with Gasteiger partial charge in [-0.05, 0) is 13.0 Å². The number of nitrogens with zero attached hydrogens (tertiary/aromatic N) is 5. The van der Waals surface area contributed by atoms with E-state index in [-0.39, 0.29) is 5.75 Å². The lowest BCUT2D eigenvalue weighted by atomic mass is 10.3. The van der Waals surface area contributed by atoms with Crippen molar-refractivity contribution in [1.82, 2.24) is 19.7 Å². The molecule has 0 unspecified atom stereocenters. The van der Waals surface area contributed by atoms with Crippen molar-refractivity contribution in [3.05, 3.63) is 0 Å². The minimum atomic E-state index is -0.840. The molecule has 0 atom stereocenters. The van der Waals surface area contributed by atoms with Gasteiger partial charge in [-0.15, -0.1) is 10.2 Å². The Kier molecular flexibility index (Phi) is 5.24. The second-order valence-electron chi connectivity index (χ2n) is 4.85. The number of rotatable bonds is 6. The van der Waals surface area contributed by atoms with Crippen molar-refractivity contribution in [3.63, 3.8) is 0 Å². The number of piperazine rings is 1. The Morgan fingerprint density at radius 2 is 2.00 bits per heavy atom. The quantitative estimate of drug-likeness (QED) is 0.768. The van der Waals surface area contributed by atoms with E-state index >= 15 is 0 Å². The van der Waals surface area contributed by atoms with Crippen LogP contribution < -0.4 is 4.90 Å². The molecule has 0 amide bonds. The molecule has 7 nitrogen and oxygen atoms in total. The highest BCUT2D eigenvalue weighted by Crippen LogP contribution is 2.21. The summed E-state index contributed by atoms with van der Waals surface area (Å²) in [6.45, 7) is 7.30. The first kappa shape index (κ1) is 15.1. The van der Waals surface area contributed by atoms with Crippen LogP contribution in [-0.4, -0.2) is 69.2 Å². The number of anilines is 1. The van der Waals surface area contributed by atoms with Crippen molar-refractivity contribution in [1.29, 1.82) is 0 Å². The molecule has 8 heteroatoms. The standard InChI is InChI=1S/C12H21N5O2S/c1-3-4-16-5-7-17(8-6-16)11-13-14-12(15(11)2)20-9-10(18)19/h3-9H2,1-2H3,(H,18,19). The molecule has 2 rings (SSSR count). The summed E-state index contributed by atoms with van der Waals surface area (Å²) in [7, 11) is 1.89. The van der Waals surface area contributed by atoms with E-state index in [0.29, 0.717) is 5.16 Å². The second kappa shape index (κ2) is 6.94. The van der Waals surface area contributed by atoms with Crippen molar-refractivity contribution in [2.24, 2.45) is 7.05 Å². The number of hydrogen-bond donors (Lipinski definition) is 1. The molecule has 0 saturated carbocycles. The number of aromatic nitrogens is 3. The van der Waals surface area contributed by atoms with E-state index in [1.807, 2.05) is 11.6 Å². The van der Waals surface area contributed by atoms with Gasteiger partial charge in [0.1, 0.15) is 0 Å². The van der Waals surface area contributed by atoms with Gasteiger partial charge in [-0.3, -0.25) is 14.3 Å². The Bertz CT molecular complexity index is 457. The van der Waals surface area contributed by atoms with Gasteiger partial charge in [0.25, 0.3) is 0 Å². The summed E-state index contributed by atoms with van der Waals surface area (Å²) >= 11 is 1.20. The van der Waals surface area contributed by atoms with E-state index in [1.165, 1.54) is 18.2 Å². The smallest absolute Gasteiger partial charge is 0.313 e. The molecule has 1 aromatic rings. The number of aliphatic carboxylic acids is 1. The third-order valence-electron chi connectivity index (χ3n) is 3.33. The monoisotopic (exact) mass is 299 g/mol. The maximum atomic E-state index is 10.6. The summed E-state index contributed by atoms with van der Waals surface area (Å²) in [5.41, 5.74) is 0. The van der Waals surface area contributed by atoms with Crippen LogP contribution in [0.1, 0.15) is 13.3 Å². The first-order valence-electron chi connectivity index (χ1n) is 6.83. The summed E-state index contributed by atoms with van der Waals surface area (Å²) in [5, 5.41) is 17.6. The minimum Gasteiger partial charge on any atom is -0.481 e. The van der Waals surface area contributed by atoms with Gasteiger partial charge in [-0.2, -0.15) is 0 Å². The number of thioether (sulfide) groups is 1. The molecule has 0 bridgehead atoms. The largest absolute Gasteiger partial charge is 0.481 e.